The van der Waals surface area contributed by atoms with Gasteiger partial charge in [0.25, 0.3) is 5.91 Å². The number of anilines is 1. The third kappa shape index (κ3) is 3.34. The lowest BCUT2D eigenvalue weighted by Gasteiger charge is -2.28. The molecule has 2 aromatic carbocycles. The Hall–Kier alpha value is -3.26. The highest BCUT2D eigenvalue weighted by Gasteiger charge is 2.27. The number of fused-ring (bicyclic) bond motifs is 1. The molecule has 3 aromatic rings. The number of carbonyl (C=O) groups is 1. The number of benzene rings is 2. The lowest BCUT2D eigenvalue weighted by molar-refractivity contribution is -0.121. The highest BCUT2D eigenvalue weighted by Crippen LogP contribution is 2.35. The first kappa shape index (κ1) is 18.1. The van der Waals surface area contributed by atoms with Gasteiger partial charge < -0.3 is 18.7 Å². The second-order valence-corrected chi connectivity index (χ2v) is 6.40. The van der Waals surface area contributed by atoms with Crippen LogP contribution >= 0.6 is 11.6 Å². The molecule has 1 aliphatic heterocycles. The Morgan fingerprint density at radius 1 is 1.14 bits per heavy atom. The van der Waals surface area contributed by atoms with Gasteiger partial charge in [-0.3, -0.25) is 9.69 Å². The number of amides is 1. The highest BCUT2D eigenvalue weighted by molar-refractivity contribution is 6.30. The van der Waals surface area contributed by atoms with Gasteiger partial charge in [0.05, 0.1) is 19.9 Å². The predicted octanol–water partition coefficient (Wildman–Crippen LogP) is 3.33. The molecular formula is C19H16ClN3O5. The van der Waals surface area contributed by atoms with E-state index in [2.05, 4.69) is 10.1 Å². The summed E-state index contributed by atoms with van der Waals surface area (Å²) in [7, 11) is 3.12. The van der Waals surface area contributed by atoms with E-state index in [4.69, 9.17) is 30.3 Å². The van der Waals surface area contributed by atoms with Gasteiger partial charge in [-0.1, -0.05) is 16.8 Å². The second kappa shape index (κ2) is 7.40. The Labute approximate surface area is 165 Å². The van der Waals surface area contributed by atoms with Gasteiger partial charge in [-0.05, 0) is 30.3 Å². The third-order valence-electron chi connectivity index (χ3n) is 4.27. The van der Waals surface area contributed by atoms with Crippen LogP contribution in [0.3, 0.4) is 0 Å². The zero-order valence-corrected chi connectivity index (χ0v) is 15.9. The molecule has 1 aromatic heterocycles. The molecule has 0 aliphatic carbocycles. The van der Waals surface area contributed by atoms with Crippen LogP contribution in [0.1, 0.15) is 5.89 Å². The van der Waals surface area contributed by atoms with E-state index in [1.54, 1.807) is 50.6 Å². The Bertz CT molecular complexity index is 1040. The fourth-order valence-corrected chi connectivity index (χ4v) is 3.06. The van der Waals surface area contributed by atoms with Gasteiger partial charge in [-0.2, -0.15) is 4.98 Å². The summed E-state index contributed by atoms with van der Waals surface area (Å²) in [5, 5.41) is 4.53. The molecule has 0 saturated heterocycles. The first-order valence-electron chi connectivity index (χ1n) is 8.36. The number of halogens is 1. The number of nitrogens with zero attached hydrogens (tertiary/aromatic N) is 3. The molecule has 1 aliphatic rings. The lowest BCUT2D eigenvalue weighted by Crippen LogP contribution is -2.38. The number of carbonyl (C=O) groups excluding carboxylic acids is 1. The molecule has 8 nitrogen and oxygen atoms in total. The van der Waals surface area contributed by atoms with Gasteiger partial charge in [0, 0.05) is 16.7 Å². The average molecular weight is 402 g/mol. The molecule has 0 N–H and O–H groups in total. The summed E-state index contributed by atoms with van der Waals surface area (Å²) in [5.41, 5.74) is 1.31. The van der Waals surface area contributed by atoms with E-state index in [0.29, 0.717) is 45.2 Å². The molecule has 0 radical (unpaired) electrons. The highest BCUT2D eigenvalue weighted by atomic mass is 35.5. The fourth-order valence-electron chi connectivity index (χ4n) is 2.90. The summed E-state index contributed by atoms with van der Waals surface area (Å²) in [6, 6.07) is 10.4. The molecule has 9 heteroatoms. The standard InChI is InChI=1S/C19H16ClN3O5/c1-25-14-6-3-11(7-16(14)26-2)19-21-17(28-22-19)9-23-13-5-4-12(20)8-15(13)27-10-18(23)24/h3-8H,9-10H2,1-2H3. The van der Waals surface area contributed by atoms with Crippen molar-refractivity contribution in [3.05, 3.63) is 47.3 Å². The van der Waals surface area contributed by atoms with Gasteiger partial charge in [0.2, 0.25) is 11.7 Å². The van der Waals surface area contributed by atoms with Gasteiger partial charge in [-0.25, -0.2) is 0 Å². The van der Waals surface area contributed by atoms with Crippen LogP contribution in [0.5, 0.6) is 17.2 Å². The smallest absolute Gasteiger partial charge is 0.265 e. The molecule has 28 heavy (non-hydrogen) atoms. The summed E-state index contributed by atoms with van der Waals surface area (Å²) < 4.78 is 21.3. The second-order valence-electron chi connectivity index (χ2n) is 5.96. The van der Waals surface area contributed by atoms with Crippen molar-refractivity contribution in [1.29, 1.82) is 0 Å². The van der Waals surface area contributed by atoms with Crippen LogP contribution in [-0.4, -0.2) is 36.9 Å². The minimum Gasteiger partial charge on any atom is -0.493 e. The van der Waals surface area contributed by atoms with Crippen molar-refractivity contribution in [2.45, 2.75) is 6.54 Å². The van der Waals surface area contributed by atoms with Crippen molar-refractivity contribution < 1.29 is 23.5 Å². The predicted molar refractivity (Wildman–Crippen MR) is 101 cm³/mol. The van der Waals surface area contributed by atoms with E-state index in [9.17, 15) is 4.79 Å². The SMILES string of the molecule is COc1ccc(-c2noc(CN3C(=O)COc4cc(Cl)ccc43)n2)cc1OC. The topological polar surface area (TPSA) is 86.9 Å². The molecule has 0 bridgehead atoms. The van der Waals surface area contributed by atoms with Crippen LogP contribution in [0.25, 0.3) is 11.4 Å². The van der Waals surface area contributed by atoms with Crippen molar-refractivity contribution in [3.8, 4) is 28.6 Å². The third-order valence-corrected chi connectivity index (χ3v) is 4.50. The Morgan fingerprint density at radius 3 is 2.75 bits per heavy atom. The van der Waals surface area contributed by atoms with Crippen molar-refractivity contribution in [1.82, 2.24) is 10.1 Å². The van der Waals surface area contributed by atoms with E-state index >= 15 is 0 Å². The number of aromatic nitrogens is 2. The number of hydrogen-bond acceptors (Lipinski definition) is 7. The molecule has 0 spiro atoms. The molecular weight excluding hydrogens is 386 g/mol. The van der Waals surface area contributed by atoms with Crippen LogP contribution in [-0.2, 0) is 11.3 Å². The molecule has 1 amide bonds. The Kier molecular flexibility index (Phi) is 4.79. The summed E-state index contributed by atoms with van der Waals surface area (Å²) in [6.45, 7) is 0.0428. The van der Waals surface area contributed by atoms with Crippen LogP contribution in [0.2, 0.25) is 5.02 Å². The number of hydrogen-bond donors (Lipinski definition) is 0. The monoisotopic (exact) mass is 401 g/mol. The lowest BCUT2D eigenvalue weighted by atomic mass is 10.2. The summed E-state index contributed by atoms with van der Waals surface area (Å²) >= 11 is 5.99. The zero-order chi connectivity index (χ0) is 19.7. The average Bonchev–Trinajstić information content (AvgIpc) is 3.18. The molecule has 0 saturated carbocycles. The van der Waals surface area contributed by atoms with Crippen LogP contribution in [0.4, 0.5) is 5.69 Å². The quantitative estimate of drug-likeness (QED) is 0.648. The number of methoxy groups -OCH3 is 2. The minimum absolute atomic E-state index is 0.0793. The molecule has 4 rings (SSSR count). The maximum atomic E-state index is 12.3. The number of rotatable bonds is 5. The van der Waals surface area contributed by atoms with Crippen molar-refractivity contribution in [3.63, 3.8) is 0 Å². The van der Waals surface area contributed by atoms with Crippen molar-refractivity contribution in [2.75, 3.05) is 25.7 Å². The largest absolute Gasteiger partial charge is 0.493 e. The normalized spacial score (nSPS) is 13.1. The van der Waals surface area contributed by atoms with Crippen LogP contribution in [0, 0.1) is 0 Å². The van der Waals surface area contributed by atoms with E-state index < -0.39 is 0 Å². The Morgan fingerprint density at radius 2 is 1.96 bits per heavy atom. The van der Waals surface area contributed by atoms with E-state index in [-0.39, 0.29) is 19.1 Å². The van der Waals surface area contributed by atoms with Gasteiger partial charge in [0.1, 0.15) is 12.3 Å². The summed E-state index contributed by atoms with van der Waals surface area (Å²) in [4.78, 5) is 18.2. The first-order chi connectivity index (χ1) is 13.6. The van der Waals surface area contributed by atoms with Crippen molar-refractivity contribution in [2.24, 2.45) is 0 Å². The maximum absolute atomic E-state index is 12.3. The van der Waals surface area contributed by atoms with E-state index in [1.165, 1.54) is 4.90 Å². The van der Waals surface area contributed by atoms with E-state index in [1.807, 2.05) is 0 Å². The first-order valence-corrected chi connectivity index (χ1v) is 8.74. The summed E-state index contributed by atoms with van der Waals surface area (Å²) in [5.74, 6) is 2.16. The molecule has 0 unspecified atom stereocenters. The maximum Gasteiger partial charge on any atom is 0.265 e. The fraction of sp³-hybridized carbons (Fsp3) is 0.211. The van der Waals surface area contributed by atoms with Crippen LogP contribution < -0.4 is 19.1 Å². The van der Waals surface area contributed by atoms with Gasteiger partial charge in [-0.15, -0.1) is 0 Å². The summed E-state index contributed by atoms with van der Waals surface area (Å²) in [6.07, 6.45) is 0. The van der Waals surface area contributed by atoms with Gasteiger partial charge in [0.15, 0.2) is 18.1 Å². The molecule has 0 atom stereocenters. The number of ether oxygens (including phenoxy) is 3. The zero-order valence-electron chi connectivity index (χ0n) is 15.1. The van der Waals surface area contributed by atoms with Crippen LogP contribution in [0.15, 0.2) is 40.9 Å². The molecule has 2 heterocycles. The molecule has 144 valence electrons. The van der Waals surface area contributed by atoms with Crippen molar-refractivity contribution >= 4 is 23.2 Å². The minimum atomic E-state index is -0.208. The van der Waals surface area contributed by atoms with Gasteiger partial charge >= 0.3 is 0 Å². The molecule has 0 fully saturated rings. The van der Waals surface area contributed by atoms with E-state index in [0.717, 1.165) is 0 Å². The Balaban J connectivity index is 1.60.